The third kappa shape index (κ3) is 4.41. The summed E-state index contributed by atoms with van der Waals surface area (Å²) < 4.78 is 16.0. The van der Waals surface area contributed by atoms with Gasteiger partial charge in [0.25, 0.3) is 0 Å². The zero-order valence-corrected chi connectivity index (χ0v) is 12.2. The van der Waals surface area contributed by atoms with Gasteiger partial charge in [0.2, 0.25) is 0 Å². The van der Waals surface area contributed by atoms with Gasteiger partial charge in [0, 0.05) is 13.0 Å². The van der Waals surface area contributed by atoms with Crippen LogP contribution in [-0.4, -0.2) is 38.1 Å². The van der Waals surface area contributed by atoms with E-state index in [-0.39, 0.29) is 6.61 Å². The number of hydrogen-bond acceptors (Lipinski definition) is 5. The van der Waals surface area contributed by atoms with Crippen molar-refractivity contribution in [3.8, 4) is 17.6 Å². The number of hydrogen-bond donors (Lipinski definition) is 1. The molecule has 0 saturated carbocycles. The molecule has 0 saturated heterocycles. The zero-order valence-electron chi connectivity index (χ0n) is 12.2. The molecule has 1 unspecified atom stereocenters. The van der Waals surface area contributed by atoms with Gasteiger partial charge in [-0.3, -0.25) is 0 Å². The van der Waals surface area contributed by atoms with Crippen molar-refractivity contribution in [2.24, 2.45) is 0 Å². The minimum atomic E-state index is -0.922. The standard InChI is InChI=1S/C15H21NO4/c1-15(11-16,20-8-4-7-17)10-12-5-6-13(18-2)14(9-12)19-3/h5-6,9,17H,4,7-8,10H2,1-3H3. The zero-order chi connectivity index (χ0) is 15.0. The largest absolute Gasteiger partial charge is 0.493 e. The summed E-state index contributed by atoms with van der Waals surface area (Å²) in [7, 11) is 3.15. The summed E-state index contributed by atoms with van der Waals surface area (Å²) in [6.45, 7) is 2.15. The Morgan fingerprint density at radius 1 is 1.25 bits per heavy atom. The molecular weight excluding hydrogens is 258 g/mol. The summed E-state index contributed by atoms with van der Waals surface area (Å²) in [6, 6.07) is 7.70. The molecule has 1 aromatic rings. The van der Waals surface area contributed by atoms with Crippen molar-refractivity contribution >= 4 is 0 Å². The topological polar surface area (TPSA) is 71.7 Å². The summed E-state index contributed by atoms with van der Waals surface area (Å²) >= 11 is 0. The van der Waals surface area contributed by atoms with Crippen LogP contribution in [0.5, 0.6) is 11.5 Å². The van der Waals surface area contributed by atoms with Gasteiger partial charge in [-0.2, -0.15) is 5.26 Å². The highest BCUT2D eigenvalue weighted by atomic mass is 16.5. The molecule has 1 rings (SSSR count). The molecule has 0 spiro atoms. The van der Waals surface area contributed by atoms with Gasteiger partial charge in [0.05, 0.1) is 26.9 Å². The highest BCUT2D eigenvalue weighted by Gasteiger charge is 2.25. The van der Waals surface area contributed by atoms with Crippen LogP contribution in [0.2, 0.25) is 0 Å². The molecule has 0 amide bonds. The lowest BCUT2D eigenvalue weighted by atomic mass is 9.97. The third-order valence-electron chi connectivity index (χ3n) is 2.95. The van der Waals surface area contributed by atoms with Gasteiger partial charge in [0.1, 0.15) is 0 Å². The number of nitrogens with zero attached hydrogens (tertiary/aromatic N) is 1. The number of benzene rings is 1. The maximum Gasteiger partial charge on any atom is 0.160 e. The van der Waals surface area contributed by atoms with Crippen LogP contribution in [0.3, 0.4) is 0 Å². The van der Waals surface area contributed by atoms with Gasteiger partial charge in [-0.15, -0.1) is 0 Å². The predicted molar refractivity (Wildman–Crippen MR) is 74.9 cm³/mol. The maximum atomic E-state index is 9.28. The van der Waals surface area contributed by atoms with E-state index in [0.29, 0.717) is 30.9 Å². The van der Waals surface area contributed by atoms with E-state index < -0.39 is 5.60 Å². The molecule has 0 heterocycles. The van der Waals surface area contributed by atoms with Gasteiger partial charge >= 0.3 is 0 Å². The Bertz CT molecular complexity index is 469. The minimum Gasteiger partial charge on any atom is -0.493 e. The summed E-state index contributed by atoms with van der Waals surface area (Å²) in [6.07, 6.45) is 0.957. The normalized spacial score (nSPS) is 13.3. The van der Waals surface area contributed by atoms with E-state index in [1.165, 1.54) is 0 Å². The van der Waals surface area contributed by atoms with E-state index in [0.717, 1.165) is 5.56 Å². The van der Waals surface area contributed by atoms with E-state index in [9.17, 15) is 5.26 Å². The fourth-order valence-electron chi connectivity index (χ4n) is 1.86. The SMILES string of the molecule is COc1ccc(CC(C)(C#N)OCCCO)cc1OC. The van der Waals surface area contributed by atoms with E-state index in [1.807, 2.05) is 12.1 Å². The third-order valence-corrected chi connectivity index (χ3v) is 2.95. The van der Waals surface area contributed by atoms with Crippen molar-refractivity contribution < 1.29 is 19.3 Å². The van der Waals surface area contributed by atoms with Crippen LogP contribution in [0, 0.1) is 11.3 Å². The van der Waals surface area contributed by atoms with Crippen LogP contribution in [0.25, 0.3) is 0 Å². The Labute approximate surface area is 119 Å². The van der Waals surface area contributed by atoms with E-state index in [1.54, 1.807) is 27.2 Å². The number of ether oxygens (including phenoxy) is 3. The molecule has 0 aliphatic carbocycles. The number of aliphatic hydroxyl groups excluding tert-OH is 1. The lowest BCUT2D eigenvalue weighted by molar-refractivity contribution is 0.00515. The second kappa shape index (κ2) is 7.73. The Balaban J connectivity index is 2.82. The summed E-state index contributed by atoms with van der Waals surface area (Å²) in [5.74, 6) is 1.27. The van der Waals surface area contributed by atoms with Gasteiger partial charge in [-0.25, -0.2) is 0 Å². The van der Waals surface area contributed by atoms with Gasteiger partial charge < -0.3 is 19.3 Å². The average molecular weight is 279 g/mol. The van der Waals surface area contributed by atoms with Gasteiger partial charge in [0.15, 0.2) is 17.1 Å². The number of methoxy groups -OCH3 is 2. The molecule has 5 nitrogen and oxygen atoms in total. The molecule has 1 aromatic carbocycles. The van der Waals surface area contributed by atoms with Crippen LogP contribution in [0.15, 0.2) is 18.2 Å². The fraction of sp³-hybridized carbons (Fsp3) is 0.533. The average Bonchev–Trinajstić information content (AvgIpc) is 2.47. The Kier molecular flexibility index (Phi) is 6.29. The van der Waals surface area contributed by atoms with Crippen molar-refractivity contribution in [2.75, 3.05) is 27.4 Å². The first-order valence-corrected chi connectivity index (χ1v) is 6.45. The molecule has 1 atom stereocenters. The van der Waals surface area contributed by atoms with Crippen LogP contribution < -0.4 is 9.47 Å². The molecule has 0 aromatic heterocycles. The van der Waals surface area contributed by atoms with Crippen molar-refractivity contribution in [3.63, 3.8) is 0 Å². The smallest absolute Gasteiger partial charge is 0.160 e. The predicted octanol–water partition coefficient (Wildman–Crippen LogP) is 1.93. The first-order valence-electron chi connectivity index (χ1n) is 6.45. The van der Waals surface area contributed by atoms with Crippen molar-refractivity contribution in [1.82, 2.24) is 0 Å². The van der Waals surface area contributed by atoms with Crippen LogP contribution >= 0.6 is 0 Å². The molecule has 110 valence electrons. The monoisotopic (exact) mass is 279 g/mol. The second-order valence-electron chi connectivity index (χ2n) is 4.63. The highest BCUT2D eigenvalue weighted by Crippen LogP contribution is 2.29. The van der Waals surface area contributed by atoms with Gasteiger partial charge in [-0.05, 0) is 31.0 Å². The van der Waals surface area contributed by atoms with Crippen LogP contribution in [0.1, 0.15) is 18.9 Å². The summed E-state index contributed by atoms with van der Waals surface area (Å²) in [5.41, 5.74) is 0.00472. The first kappa shape index (κ1) is 16.3. The number of rotatable bonds is 8. The maximum absolute atomic E-state index is 9.28. The Morgan fingerprint density at radius 2 is 1.95 bits per heavy atom. The van der Waals surface area contributed by atoms with Gasteiger partial charge in [-0.1, -0.05) is 6.07 Å². The molecule has 0 bridgehead atoms. The van der Waals surface area contributed by atoms with Crippen LogP contribution in [-0.2, 0) is 11.2 Å². The summed E-state index contributed by atoms with van der Waals surface area (Å²) in [4.78, 5) is 0. The highest BCUT2D eigenvalue weighted by molar-refractivity contribution is 5.43. The molecule has 0 fully saturated rings. The van der Waals surface area contributed by atoms with Crippen molar-refractivity contribution in [3.05, 3.63) is 23.8 Å². The molecule has 0 aliphatic heterocycles. The molecule has 0 aliphatic rings. The lowest BCUT2D eigenvalue weighted by Crippen LogP contribution is -2.30. The second-order valence-corrected chi connectivity index (χ2v) is 4.63. The quantitative estimate of drug-likeness (QED) is 0.736. The molecule has 5 heteroatoms. The minimum absolute atomic E-state index is 0.0534. The van der Waals surface area contributed by atoms with Crippen molar-refractivity contribution in [2.45, 2.75) is 25.4 Å². The molecule has 0 radical (unpaired) electrons. The van der Waals surface area contributed by atoms with Crippen molar-refractivity contribution in [1.29, 1.82) is 5.26 Å². The Hall–Kier alpha value is -1.77. The molecule has 1 N–H and O–H groups in total. The van der Waals surface area contributed by atoms with E-state index in [2.05, 4.69) is 6.07 Å². The lowest BCUT2D eigenvalue weighted by Gasteiger charge is -2.22. The Morgan fingerprint density at radius 3 is 2.50 bits per heavy atom. The first-order chi connectivity index (χ1) is 9.58. The fourth-order valence-corrected chi connectivity index (χ4v) is 1.86. The number of nitriles is 1. The molecule has 20 heavy (non-hydrogen) atoms. The van der Waals surface area contributed by atoms with Crippen LogP contribution in [0.4, 0.5) is 0 Å². The van der Waals surface area contributed by atoms with E-state index in [4.69, 9.17) is 19.3 Å². The summed E-state index contributed by atoms with van der Waals surface area (Å²) in [5, 5.41) is 18.0. The number of aliphatic hydroxyl groups is 1. The molecular formula is C15H21NO4. The van der Waals surface area contributed by atoms with E-state index >= 15 is 0 Å².